The van der Waals surface area contributed by atoms with E-state index in [9.17, 15) is 0 Å². The van der Waals surface area contributed by atoms with E-state index in [1.165, 1.54) is 43.9 Å². The number of rotatable bonds is 2. The largest absolute Gasteiger partial charge is 0.351 e. The van der Waals surface area contributed by atoms with E-state index in [-0.39, 0.29) is 0 Å². The summed E-state index contributed by atoms with van der Waals surface area (Å²) in [5, 5.41) is 5.13. The Kier molecular flexibility index (Phi) is 3.39. The fourth-order valence-corrected chi connectivity index (χ4v) is 3.95. The molecule has 124 valence electrons. The molecule has 1 heteroatoms. The summed E-state index contributed by atoms with van der Waals surface area (Å²) < 4.78 is 2.20. The first-order chi connectivity index (χ1) is 12.8. The van der Waals surface area contributed by atoms with Crippen LogP contribution in [-0.2, 0) is 7.05 Å². The highest BCUT2D eigenvalue weighted by molar-refractivity contribution is 6.08. The topological polar surface area (TPSA) is 4.93 Å². The molecule has 4 aromatic carbocycles. The van der Waals surface area contributed by atoms with Gasteiger partial charge in [0, 0.05) is 24.5 Å². The monoisotopic (exact) mass is 333 g/mol. The molecule has 0 aliphatic heterocycles. The average molecular weight is 333 g/mol. The fraction of sp³-hybridized carbons (Fsp3) is 0.0400. The average Bonchev–Trinajstić information content (AvgIpc) is 3.12. The van der Waals surface area contributed by atoms with E-state index in [0.717, 1.165) is 0 Å². The summed E-state index contributed by atoms with van der Waals surface area (Å²) in [4.78, 5) is 0. The van der Waals surface area contributed by atoms with Gasteiger partial charge in [-0.25, -0.2) is 0 Å². The van der Waals surface area contributed by atoms with Crippen molar-refractivity contribution in [2.24, 2.45) is 7.05 Å². The Balaban J connectivity index is 1.93. The maximum Gasteiger partial charge on any atom is 0.0490 e. The fourth-order valence-electron chi connectivity index (χ4n) is 3.95. The van der Waals surface area contributed by atoms with Crippen molar-refractivity contribution in [2.45, 2.75) is 0 Å². The van der Waals surface area contributed by atoms with Crippen LogP contribution in [0.25, 0.3) is 43.9 Å². The van der Waals surface area contributed by atoms with Gasteiger partial charge in [-0.3, -0.25) is 0 Å². The van der Waals surface area contributed by atoms with Crippen molar-refractivity contribution in [3.8, 4) is 22.4 Å². The van der Waals surface area contributed by atoms with Crippen LogP contribution in [0.3, 0.4) is 0 Å². The smallest absolute Gasteiger partial charge is 0.0490 e. The second kappa shape index (κ2) is 5.89. The molecule has 0 aliphatic rings. The molecule has 0 N–H and O–H groups in total. The lowest BCUT2D eigenvalue weighted by molar-refractivity contribution is 0.938. The van der Waals surface area contributed by atoms with Gasteiger partial charge >= 0.3 is 0 Å². The third-order valence-electron chi connectivity index (χ3n) is 5.21. The van der Waals surface area contributed by atoms with Gasteiger partial charge in [0.2, 0.25) is 0 Å². The first-order valence-electron chi connectivity index (χ1n) is 8.94. The van der Waals surface area contributed by atoms with Crippen LogP contribution < -0.4 is 0 Å². The number of fused-ring (bicyclic) bond motifs is 2. The van der Waals surface area contributed by atoms with Crippen LogP contribution >= 0.6 is 0 Å². The van der Waals surface area contributed by atoms with Crippen molar-refractivity contribution in [3.05, 3.63) is 97.2 Å². The lowest BCUT2D eigenvalue weighted by Crippen LogP contribution is -1.94. The van der Waals surface area contributed by atoms with Gasteiger partial charge in [-0.05, 0) is 44.8 Å². The van der Waals surface area contributed by atoms with Gasteiger partial charge in [0.1, 0.15) is 0 Å². The second-order valence-corrected chi connectivity index (χ2v) is 6.74. The Bertz CT molecular complexity index is 1240. The quantitative estimate of drug-likeness (QED) is 0.340. The molecule has 1 nitrogen and oxygen atoms in total. The van der Waals surface area contributed by atoms with Crippen LogP contribution in [0.15, 0.2) is 97.2 Å². The van der Waals surface area contributed by atoms with Crippen LogP contribution in [-0.4, -0.2) is 4.57 Å². The number of aromatic nitrogens is 1. The lowest BCUT2D eigenvalue weighted by Gasteiger charge is -2.16. The van der Waals surface area contributed by atoms with E-state index in [4.69, 9.17) is 0 Å². The Labute approximate surface area is 153 Å². The van der Waals surface area contributed by atoms with Gasteiger partial charge in [0.15, 0.2) is 0 Å². The summed E-state index contributed by atoms with van der Waals surface area (Å²) in [6, 6.07) is 32.7. The minimum atomic E-state index is 1.24. The van der Waals surface area contributed by atoms with Gasteiger partial charge in [-0.1, -0.05) is 78.9 Å². The number of nitrogens with zero attached hydrogens (tertiary/aromatic N) is 1. The van der Waals surface area contributed by atoms with Crippen LogP contribution in [0.2, 0.25) is 0 Å². The summed E-state index contributed by atoms with van der Waals surface area (Å²) in [5.74, 6) is 0. The van der Waals surface area contributed by atoms with Crippen molar-refractivity contribution in [3.63, 3.8) is 0 Å². The number of benzene rings is 4. The van der Waals surface area contributed by atoms with Crippen LogP contribution in [0, 0.1) is 0 Å². The molecular weight excluding hydrogens is 314 g/mol. The number of hydrogen-bond acceptors (Lipinski definition) is 0. The van der Waals surface area contributed by atoms with E-state index >= 15 is 0 Å². The van der Waals surface area contributed by atoms with E-state index < -0.39 is 0 Å². The van der Waals surface area contributed by atoms with Gasteiger partial charge in [0.05, 0.1) is 0 Å². The van der Waals surface area contributed by atoms with Crippen molar-refractivity contribution in [2.75, 3.05) is 0 Å². The summed E-state index contributed by atoms with van der Waals surface area (Å²) in [6.07, 6.45) is 2.12. The predicted octanol–water partition coefficient (Wildman–Crippen LogP) is 6.67. The highest BCUT2D eigenvalue weighted by atomic mass is 14.9. The highest BCUT2D eigenvalue weighted by Gasteiger charge is 2.15. The van der Waals surface area contributed by atoms with E-state index in [2.05, 4.69) is 109 Å². The maximum atomic E-state index is 2.27. The molecule has 26 heavy (non-hydrogen) atoms. The van der Waals surface area contributed by atoms with Crippen molar-refractivity contribution >= 4 is 21.5 Å². The van der Waals surface area contributed by atoms with Crippen molar-refractivity contribution in [1.82, 2.24) is 4.57 Å². The molecule has 0 fully saturated rings. The zero-order valence-corrected chi connectivity index (χ0v) is 14.7. The van der Waals surface area contributed by atoms with Crippen molar-refractivity contribution in [1.29, 1.82) is 0 Å². The SMILES string of the molecule is Cn1cccc1-c1c(-c2cccc3ccccc23)ccc2ccccc12. The molecular formula is C25H19N. The first-order valence-corrected chi connectivity index (χ1v) is 8.94. The molecule has 0 radical (unpaired) electrons. The van der Waals surface area contributed by atoms with E-state index in [1.807, 2.05) is 0 Å². The molecule has 0 saturated carbocycles. The molecule has 1 heterocycles. The summed E-state index contributed by atoms with van der Waals surface area (Å²) in [6.45, 7) is 0. The highest BCUT2D eigenvalue weighted by Crippen LogP contribution is 2.40. The standard InChI is InChI=1S/C25H19N/c1-26-17-7-14-24(26)25-21-12-5-3-9-19(21)15-16-23(25)22-13-6-10-18-8-2-4-11-20(18)22/h2-17H,1H3. The van der Waals surface area contributed by atoms with Crippen molar-refractivity contribution < 1.29 is 0 Å². The molecule has 1 aromatic heterocycles. The minimum Gasteiger partial charge on any atom is -0.351 e. The lowest BCUT2D eigenvalue weighted by atomic mass is 9.90. The van der Waals surface area contributed by atoms with Gasteiger partial charge < -0.3 is 4.57 Å². The summed E-state index contributed by atoms with van der Waals surface area (Å²) in [5.41, 5.74) is 5.10. The first kappa shape index (κ1) is 15.0. The Morgan fingerprint density at radius 2 is 1.23 bits per heavy atom. The second-order valence-electron chi connectivity index (χ2n) is 6.74. The van der Waals surface area contributed by atoms with E-state index in [1.54, 1.807) is 0 Å². The molecule has 0 aliphatic carbocycles. The molecule has 5 rings (SSSR count). The van der Waals surface area contributed by atoms with E-state index in [0.29, 0.717) is 0 Å². The zero-order chi connectivity index (χ0) is 17.5. The Morgan fingerprint density at radius 3 is 2.00 bits per heavy atom. The molecule has 0 saturated heterocycles. The van der Waals surface area contributed by atoms with Crippen LogP contribution in [0.5, 0.6) is 0 Å². The number of hydrogen-bond donors (Lipinski definition) is 0. The zero-order valence-electron chi connectivity index (χ0n) is 14.7. The van der Waals surface area contributed by atoms with Gasteiger partial charge in [-0.2, -0.15) is 0 Å². The van der Waals surface area contributed by atoms with Gasteiger partial charge in [0.25, 0.3) is 0 Å². The normalized spacial score (nSPS) is 11.3. The summed E-state index contributed by atoms with van der Waals surface area (Å²) >= 11 is 0. The molecule has 0 unspecified atom stereocenters. The predicted molar refractivity (Wildman–Crippen MR) is 111 cm³/mol. The Hall–Kier alpha value is -3.32. The molecule has 0 atom stereocenters. The minimum absolute atomic E-state index is 1.24. The molecule has 5 aromatic rings. The third-order valence-corrected chi connectivity index (χ3v) is 5.21. The Morgan fingerprint density at radius 1 is 0.538 bits per heavy atom. The van der Waals surface area contributed by atoms with Gasteiger partial charge in [-0.15, -0.1) is 0 Å². The third kappa shape index (κ3) is 2.25. The molecule has 0 spiro atoms. The number of aryl methyl sites for hydroxylation is 1. The molecule has 0 amide bonds. The van der Waals surface area contributed by atoms with Crippen LogP contribution in [0.4, 0.5) is 0 Å². The summed E-state index contributed by atoms with van der Waals surface area (Å²) in [7, 11) is 2.12. The van der Waals surface area contributed by atoms with Crippen LogP contribution in [0.1, 0.15) is 0 Å². The molecule has 0 bridgehead atoms. The maximum absolute atomic E-state index is 2.27.